The number of nitrogens with one attached hydrogen (secondary N) is 2. The normalized spacial score (nSPS) is 11.3. The van der Waals surface area contributed by atoms with Crippen LogP contribution in [0.5, 0.6) is 0 Å². The molecule has 28 heavy (non-hydrogen) atoms. The van der Waals surface area contributed by atoms with E-state index < -0.39 is 0 Å². The summed E-state index contributed by atoms with van der Waals surface area (Å²) in [5.41, 5.74) is 6.61. The van der Waals surface area contributed by atoms with Gasteiger partial charge >= 0.3 is 0 Å². The Hall–Kier alpha value is -3.61. The number of fused-ring (bicyclic) bond motifs is 1. The Balaban J connectivity index is 1.66. The summed E-state index contributed by atoms with van der Waals surface area (Å²) in [6.45, 7) is 5.45. The summed E-state index contributed by atoms with van der Waals surface area (Å²) in [5, 5.41) is 7.65. The molecule has 2 amide bonds. The van der Waals surface area contributed by atoms with Crippen molar-refractivity contribution in [3.8, 4) is 0 Å². The summed E-state index contributed by atoms with van der Waals surface area (Å²) in [7, 11) is 0. The van der Waals surface area contributed by atoms with Crippen molar-refractivity contribution in [1.29, 1.82) is 0 Å². The maximum Gasteiger partial charge on any atom is 0.273 e. The number of aryl methyl sites for hydroxylation is 2. The highest BCUT2D eigenvalue weighted by molar-refractivity contribution is 6.06. The summed E-state index contributed by atoms with van der Waals surface area (Å²) in [4.78, 5) is 33.0. The molecule has 1 aromatic carbocycles. The molecule has 2 heterocycles. The molecule has 7 nitrogen and oxygen atoms in total. The van der Waals surface area contributed by atoms with Gasteiger partial charge in [-0.1, -0.05) is 18.2 Å². The molecule has 0 fully saturated rings. The first kappa shape index (κ1) is 19.2. The SMILES string of the molecule is C/C(CC(=O)Nc1cccnc1)=N\NC(=O)c1cc2cccc(C)c2nc1C. The van der Waals surface area contributed by atoms with E-state index in [9.17, 15) is 9.59 Å². The molecular formula is C21H21N5O2. The third-order valence-corrected chi connectivity index (χ3v) is 4.19. The van der Waals surface area contributed by atoms with Gasteiger partial charge in [0.1, 0.15) is 0 Å². The maximum atomic E-state index is 12.5. The molecule has 0 atom stereocenters. The number of hydrogen-bond donors (Lipinski definition) is 2. The predicted octanol–water partition coefficient (Wildman–Crippen LogP) is 3.38. The second kappa shape index (κ2) is 8.39. The van der Waals surface area contributed by atoms with Crippen molar-refractivity contribution in [1.82, 2.24) is 15.4 Å². The Morgan fingerprint density at radius 1 is 1.14 bits per heavy atom. The van der Waals surface area contributed by atoms with Gasteiger partial charge in [-0.15, -0.1) is 0 Å². The Morgan fingerprint density at radius 2 is 1.96 bits per heavy atom. The van der Waals surface area contributed by atoms with E-state index in [0.29, 0.717) is 22.7 Å². The number of anilines is 1. The third kappa shape index (κ3) is 4.56. The Morgan fingerprint density at radius 3 is 2.71 bits per heavy atom. The van der Waals surface area contributed by atoms with Gasteiger partial charge in [0.2, 0.25) is 5.91 Å². The van der Waals surface area contributed by atoms with Crippen LogP contribution in [0.3, 0.4) is 0 Å². The van der Waals surface area contributed by atoms with Crippen LogP contribution in [0.15, 0.2) is 53.9 Å². The van der Waals surface area contributed by atoms with E-state index in [1.165, 1.54) is 0 Å². The average Bonchev–Trinajstić information content (AvgIpc) is 2.67. The van der Waals surface area contributed by atoms with Gasteiger partial charge in [-0.25, -0.2) is 5.43 Å². The molecule has 7 heteroatoms. The van der Waals surface area contributed by atoms with Gasteiger partial charge in [0.25, 0.3) is 5.91 Å². The van der Waals surface area contributed by atoms with Gasteiger partial charge in [0.15, 0.2) is 0 Å². The van der Waals surface area contributed by atoms with Crippen LogP contribution in [-0.4, -0.2) is 27.5 Å². The number of aromatic nitrogens is 2. The van der Waals surface area contributed by atoms with Gasteiger partial charge in [0.05, 0.1) is 35.1 Å². The largest absolute Gasteiger partial charge is 0.324 e. The van der Waals surface area contributed by atoms with Crippen LogP contribution in [-0.2, 0) is 4.79 Å². The number of para-hydroxylation sites is 1. The number of hydrogen-bond acceptors (Lipinski definition) is 5. The Kier molecular flexibility index (Phi) is 5.74. The van der Waals surface area contributed by atoms with Crippen molar-refractivity contribution >= 4 is 34.1 Å². The molecule has 0 aliphatic carbocycles. The molecule has 0 unspecified atom stereocenters. The van der Waals surface area contributed by atoms with Gasteiger partial charge in [0, 0.05) is 17.3 Å². The fraction of sp³-hybridized carbons (Fsp3) is 0.190. The van der Waals surface area contributed by atoms with Gasteiger partial charge < -0.3 is 5.32 Å². The summed E-state index contributed by atoms with van der Waals surface area (Å²) in [6.07, 6.45) is 3.25. The molecule has 0 saturated heterocycles. The molecule has 2 N–H and O–H groups in total. The molecule has 3 rings (SSSR count). The van der Waals surface area contributed by atoms with Crippen molar-refractivity contribution in [2.45, 2.75) is 27.2 Å². The minimum atomic E-state index is -0.361. The van der Waals surface area contributed by atoms with Crippen molar-refractivity contribution in [3.63, 3.8) is 0 Å². The van der Waals surface area contributed by atoms with Gasteiger partial charge in [-0.2, -0.15) is 5.10 Å². The highest BCUT2D eigenvalue weighted by atomic mass is 16.2. The van der Waals surface area contributed by atoms with Crippen LogP contribution >= 0.6 is 0 Å². The van der Waals surface area contributed by atoms with E-state index in [2.05, 4.69) is 25.8 Å². The molecule has 0 radical (unpaired) electrons. The molecule has 0 spiro atoms. The van der Waals surface area contributed by atoms with Crippen LogP contribution in [0.25, 0.3) is 10.9 Å². The molecule has 0 bridgehead atoms. The number of nitrogens with zero attached hydrogens (tertiary/aromatic N) is 3. The highest BCUT2D eigenvalue weighted by Gasteiger charge is 2.12. The van der Waals surface area contributed by atoms with Gasteiger partial charge in [-0.05, 0) is 44.5 Å². The minimum Gasteiger partial charge on any atom is -0.324 e. The van der Waals surface area contributed by atoms with E-state index in [1.807, 2.05) is 25.1 Å². The molecule has 0 aliphatic rings. The van der Waals surface area contributed by atoms with Crippen LogP contribution in [0, 0.1) is 13.8 Å². The van der Waals surface area contributed by atoms with Crippen molar-refractivity contribution in [2.75, 3.05) is 5.32 Å². The lowest BCUT2D eigenvalue weighted by Gasteiger charge is -2.08. The van der Waals surface area contributed by atoms with E-state index >= 15 is 0 Å². The topological polar surface area (TPSA) is 96.3 Å². The Labute approximate surface area is 162 Å². The monoisotopic (exact) mass is 375 g/mol. The van der Waals surface area contributed by atoms with E-state index in [4.69, 9.17) is 0 Å². The first-order valence-corrected chi connectivity index (χ1v) is 8.84. The number of carbonyl (C=O) groups excluding carboxylic acids is 2. The molecule has 0 aliphatic heterocycles. The van der Waals surface area contributed by atoms with Crippen LogP contribution in [0.1, 0.15) is 35.0 Å². The summed E-state index contributed by atoms with van der Waals surface area (Å²) >= 11 is 0. The first-order valence-electron chi connectivity index (χ1n) is 8.84. The van der Waals surface area contributed by atoms with Gasteiger partial charge in [-0.3, -0.25) is 19.6 Å². The number of carbonyl (C=O) groups is 2. The predicted molar refractivity (Wildman–Crippen MR) is 109 cm³/mol. The standard InChI is InChI=1S/C21H21N5O2/c1-13-6-4-7-16-11-18(15(3)23-20(13)16)21(28)26-25-14(2)10-19(27)24-17-8-5-9-22-12-17/h4-9,11-12H,10H2,1-3H3,(H,24,27)(H,26,28)/b25-14+. The quantitative estimate of drug-likeness (QED) is 0.528. The van der Waals surface area contributed by atoms with E-state index in [-0.39, 0.29) is 18.2 Å². The lowest BCUT2D eigenvalue weighted by atomic mass is 10.1. The zero-order chi connectivity index (χ0) is 20.1. The molecule has 0 saturated carbocycles. The van der Waals surface area contributed by atoms with Crippen molar-refractivity contribution < 1.29 is 9.59 Å². The minimum absolute atomic E-state index is 0.0589. The summed E-state index contributed by atoms with van der Waals surface area (Å²) < 4.78 is 0. The second-order valence-corrected chi connectivity index (χ2v) is 6.52. The summed E-state index contributed by atoms with van der Waals surface area (Å²) in [5.74, 6) is -0.594. The molecular weight excluding hydrogens is 354 g/mol. The smallest absolute Gasteiger partial charge is 0.273 e. The fourth-order valence-corrected chi connectivity index (χ4v) is 2.79. The number of rotatable bonds is 5. The fourth-order valence-electron chi connectivity index (χ4n) is 2.79. The molecule has 142 valence electrons. The first-order chi connectivity index (χ1) is 13.4. The van der Waals surface area contributed by atoms with E-state index in [0.717, 1.165) is 16.5 Å². The lowest BCUT2D eigenvalue weighted by molar-refractivity contribution is -0.115. The Bertz CT molecular complexity index is 1060. The van der Waals surface area contributed by atoms with Crippen molar-refractivity contribution in [2.24, 2.45) is 5.10 Å². The van der Waals surface area contributed by atoms with Crippen LogP contribution < -0.4 is 10.7 Å². The third-order valence-electron chi connectivity index (χ3n) is 4.19. The van der Waals surface area contributed by atoms with Crippen molar-refractivity contribution in [3.05, 3.63) is 65.6 Å². The molecule has 3 aromatic rings. The lowest BCUT2D eigenvalue weighted by Crippen LogP contribution is -2.22. The summed E-state index contributed by atoms with van der Waals surface area (Å²) in [6, 6.07) is 11.1. The number of benzene rings is 1. The number of amides is 2. The molecule has 2 aromatic heterocycles. The van der Waals surface area contributed by atoms with Crippen LogP contribution in [0.4, 0.5) is 5.69 Å². The maximum absolute atomic E-state index is 12.5. The number of pyridine rings is 2. The van der Waals surface area contributed by atoms with E-state index in [1.54, 1.807) is 44.4 Å². The number of hydrazone groups is 1. The van der Waals surface area contributed by atoms with Crippen LogP contribution in [0.2, 0.25) is 0 Å². The highest BCUT2D eigenvalue weighted by Crippen LogP contribution is 2.19. The zero-order valence-electron chi connectivity index (χ0n) is 16.0. The zero-order valence-corrected chi connectivity index (χ0v) is 16.0. The average molecular weight is 375 g/mol. The second-order valence-electron chi connectivity index (χ2n) is 6.52.